The first-order chi connectivity index (χ1) is 4.06. The molecule has 0 amide bonds. The number of hydrogen-bond donors (Lipinski definition) is 2. The maximum absolute atomic E-state index is 10.5. The highest BCUT2D eigenvalue weighted by atomic mass is 16.8. The first-order valence-corrected chi connectivity index (χ1v) is 3.30. The van der Waals surface area contributed by atoms with Gasteiger partial charge in [-0.2, -0.15) is 0 Å². The molecule has 0 radical (unpaired) electrons. The Bertz CT molecular complexity index is 79.1. The standard InChI is InChI=1S/C6H15NO2/c1-4-6(3,5-2)7(8)9/h7-8H,4-5H2,1-3H3. The van der Waals surface area contributed by atoms with Crippen LogP contribution in [0.15, 0.2) is 0 Å². The Morgan fingerprint density at radius 2 is 1.78 bits per heavy atom. The predicted octanol–water partition coefficient (Wildman–Crippen LogP) is 0.337. The zero-order valence-corrected chi connectivity index (χ0v) is 6.27. The second-order valence-corrected chi connectivity index (χ2v) is 2.57. The third-order valence-electron chi connectivity index (χ3n) is 2.08. The lowest BCUT2D eigenvalue weighted by Gasteiger charge is -2.32. The molecule has 2 N–H and O–H groups in total. The summed E-state index contributed by atoms with van der Waals surface area (Å²) in [6, 6.07) is 0. The molecule has 0 spiro atoms. The third kappa shape index (κ3) is 1.93. The minimum absolute atomic E-state index is 0.500. The molecule has 0 aliphatic heterocycles. The molecule has 0 bridgehead atoms. The van der Waals surface area contributed by atoms with Crippen LogP contribution in [-0.4, -0.2) is 10.7 Å². The van der Waals surface area contributed by atoms with Crippen LogP contribution in [0.5, 0.6) is 0 Å². The summed E-state index contributed by atoms with van der Waals surface area (Å²) in [5, 5.41) is 18.4. The molecule has 0 aromatic rings. The van der Waals surface area contributed by atoms with Crippen molar-refractivity contribution in [2.24, 2.45) is 0 Å². The normalized spacial score (nSPS) is 15.7. The highest BCUT2D eigenvalue weighted by Gasteiger charge is 2.25. The average molecular weight is 133 g/mol. The molecular weight excluding hydrogens is 118 g/mol. The fraction of sp³-hybridized carbons (Fsp3) is 1.00. The van der Waals surface area contributed by atoms with Gasteiger partial charge in [-0.3, -0.25) is 0 Å². The van der Waals surface area contributed by atoms with Crippen molar-refractivity contribution in [3.63, 3.8) is 0 Å². The van der Waals surface area contributed by atoms with Gasteiger partial charge in [-0.15, -0.1) is 0 Å². The zero-order valence-electron chi connectivity index (χ0n) is 6.27. The summed E-state index contributed by atoms with van der Waals surface area (Å²) < 4.78 is 0. The number of hydrogen-bond acceptors (Lipinski definition) is 2. The van der Waals surface area contributed by atoms with E-state index in [1.165, 1.54) is 0 Å². The summed E-state index contributed by atoms with van der Waals surface area (Å²) in [5.41, 5.74) is -0.500. The van der Waals surface area contributed by atoms with Crippen molar-refractivity contribution < 1.29 is 10.4 Å². The van der Waals surface area contributed by atoms with E-state index in [1.54, 1.807) is 6.92 Å². The van der Waals surface area contributed by atoms with Crippen LogP contribution in [0.3, 0.4) is 0 Å². The smallest absolute Gasteiger partial charge is 0.123 e. The molecule has 0 rings (SSSR count). The Kier molecular flexibility index (Phi) is 3.11. The lowest BCUT2D eigenvalue weighted by molar-refractivity contribution is -1.09. The first kappa shape index (κ1) is 8.88. The molecule has 0 aromatic carbocycles. The Morgan fingerprint density at radius 3 is 1.78 bits per heavy atom. The monoisotopic (exact) mass is 133 g/mol. The molecule has 3 heteroatoms. The van der Waals surface area contributed by atoms with E-state index in [9.17, 15) is 5.21 Å². The molecule has 3 nitrogen and oxygen atoms in total. The van der Waals surface area contributed by atoms with Gasteiger partial charge in [0.1, 0.15) is 5.54 Å². The van der Waals surface area contributed by atoms with E-state index in [-0.39, 0.29) is 0 Å². The summed E-state index contributed by atoms with van der Waals surface area (Å²) in [6.45, 7) is 5.57. The molecule has 9 heavy (non-hydrogen) atoms. The van der Waals surface area contributed by atoms with Crippen LogP contribution in [0.25, 0.3) is 0 Å². The van der Waals surface area contributed by atoms with Gasteiger partial charge in [0, 0.05) is 12.8 Å². The van der Waals surface area contributed by atoms with E-state index in [0.29, 0.717) is 12.8 Å². The minimum Gasteiger partial charge on any atom is -0.600 e. The summed E-state index contributed by atoms with van der Waals surface area (Å²) in [6.07, 6.45) is 1.41. The molecule has 0 aliphatic rings. The topological polar surface area (TPSA) is 47.7 Å². The Balaban J connectivity index is 3.92. The van der Waals surface area contributed by atoms with Gasteiger partial charge in [0.2, 0.25) is 0 Å². The lowest BCUT2D eigenvalue weighted by Crippen LogP contribution is -3.13. The van der Waals surface area contributed by atoms with Crippen molar-refractivity contribution in [2.45, 2.75) is 39.2 Å². The summed E-state index contributed by atoms with van der Waals surface area (Å²) >= 11 is 0. The number of quaternary nitrogens is 1. The van der Waals surface area contributed by atoms with Gasteiger partial charge in [0.25, 0.3) is 0 Å². The maximum Gasteiger partial charge on any atom is 0.123 e. The van der Waals surface area contributed by atoms with Crippen LogP contribution in [0.2, 0.25) is 0 Å². The minimum atomic E-state index is -0.687. The van der Waals surface area contributed by atoms with Gasteiger partial charge in [-0.05, 0) is 6.92 Å². The van der Waals surface area contributed by atoms with Gasteiger partial charge >= 0.3 is 0 Å². The second kappa shape index (κ2) is 3.15. The molecule has 56 valence electrons. The second-order valence-electron chi connectivity index (χ2n) is 2.57. The molecule has 1 atom stereocenters. The average Bonchev–Trinajstić information content (AvgIpc) is 1.86. The molecule has 0 saturated heterocycles. The molecular formula is C6H15NO2. The van der Waals surface area contributed by atoms with Crippen molar-refractivity contribution >= 4 is 0 Å². The van der Waals surface area contributed by atoms with E-state index in [1.807, 2.05) is 13.8 Å². The number of rotatable bonds is 3. The number of nitrogens with one attached hydrogen (secondary N) is 1. The van der Waals surface area contributed by atoms with Gasteiger partial charge < -0.3 is 5.21 Å². The molecule has 0 aromatic heterocycles. The Hall–Kier alpha value is -0.120. The SMILES string of the molecule is CCC(C)(CC)[NH+]([O-])O. The quantitative estimate of drug-likeness (QED) is 0.545. The Morgan fingerprint density at radius 1 is 1.44 bits per heavy atom. The van der Waals surface area contributed by atoms with Crippen molar-refractivity contribution in [2.75, 3.05) is 0 Å². The zero-order chi connectivity index (χ0) is 7.49. The third-order valence-corrected chi connectivity index (χ3v) is 2.08. The maximum atomic E-state index is 10.5. The van der Waals surface area contributed by atoms with Crippen LogP contribution < -0.4 is 5.23 Å². The van der Waals surface area contributed by atoms with Gasteiger partial charge in [0.05, 0.1) is 0 Å². The van der Waals surface area contributed by atoms with E-state index >= 15 is 0 Å². The van der Waals surface area contributed by atoms with E-state index in [0.717, 1.165) is 0 Å². The van der Waals surface area contributed by atoms with Crippen LogP contribution in [0.4, 0.5) is 0 Å². The van der Waals surface area contributed by atoms with Gasteiger partial charge in [-0.1, -0.05) is 13.8 Å². The fourth-order valence-electron chi connectivity index (χ4n) is 0.552. The highest BCUT2D eigenvalue weighted by Crippen LogP contribution is 2.07. The van der Waals surface area contributed by atoms with Crippen LogP contribution >= 0.6 is 0 Å². The van der Waals surface area contributed by atoms with Crippen molar-refractivity contribution in [3.8, 4) is 0 Å². The predicted molar refractivity (Wildman–Crippen MR) is 35.1 cm³/mol. The molecule has 0 heterocycles. The van der Waals surface area contributed by atoms with Crippen molar-refractivity contribution in [1.82, 2.24) is 0 Å². The first-order valence-electron chi connectivity index (χ1n) is 3.30. The van der Waals surface area contributed by atoms with E-state index in [4.69, 9.17) is 5.21 Å². The largest absolute Gasteiger partial charge is 0.600 e. The molecule has 1 unspecified atom stereocenters. The highest BCUT2D eigenvalue weighted by molar-refractivity contribution is 4.66. The molecule has 0 saturated carbocycles. The summed E-state index contributed by atoms with van der Waals surface area (Å²) in [7, 11) is 0. The van der Waals surface area contributed by atoms with E-state index < -0.39 is 10.8 Å². The molecule has 0 aliphatic carbocycles. The van der Waals surface area contributed by atoms with Crippen LogP contribution in [0, 0.1) is 5.21 Å². The molecule has 0 fully saturated rings. The van der Waals surface area contributed by atoms with Crippen molar-refractivity contribution in [3.05, 3.63) is 5.21 Å². The Labute approximate surface area is 55.8 Å². The number of hydroxylamine groups is 2. The van der Waals surface area contributed by atoms with Gasteiger partial charge in [0.15, 0.2) is 0 Å². The lowest BCUT2D eigenvalue weighted by atomic mass is 9.97. The van der Waals surface area contributed by atoms with Crippen LogP contribution in [0.1, 0.15) is 33.6 Å². The summed E-state index contributed by atoms with van der Waals surface area (Å²) in [4.78, 5) is 0. The fourth-order valence-corrected chi connectivity index (χ4v) is 0.552. The van der Waals surface area contributed by atoms with Crippen LogP contribution in [-0.2, 0) is 0 Å². The summed E-state index contributed by atoms with van der Waals surface area (Å²) in [5.74, 6) is 0. The van der Waals surface area contributed by atoms with E-state index in [2.05, 4.69) is 0 Å². The van der Waals surface area contributed by atoms with Gasteiger partial charge in [-0.25, -0.2) is 10.4 Å². The van der Waals surface area contributed by atoms with Crippen molar-refractivity contribution in [1.29, 1.82) is 0 Å².